The molecule has 1 fully saturated rings. The van der Waals surface area contributed by atoms with Gasteiger partial charge in [-0.25, -0.2) is 9.48 Å². The van der Waals surface area contributed by atoms with Crippen LogP contribution >= 0.6 is 0 Å². The second kappa shape index (κ2) is 6.65. The zero-order chi connectivity index (χ0) is 18.0. The van der Waals surface area contributed by atoms with Crippen molar-refractivity contribution in [1.29, 1.82) is 0 Å². The van der Waals surface area contributed by atoms with Gasteiger partial charge in [-0.2, -0.15) is 0 Å². The number of carbonyl (C=O) groups excluding carboxylic acids is 1. The van der Waals surface area contributed by atoms with Crippen molar-refractivity contribution < 1.29 is 24.4 Å². The van der Waals surface area contributed by atoms with E-state index in [4.69, 9.17) is 9.84 Å². The maximum Gasteiger partial charge on any atom is 0.334 e. The van der Waals surface area contributed by atoms with Crippen LogP contribution in [0.25, 0.3) is 5.69 Å². The topological polar surface area (TPSA) is 141 Å². The number of rotatable bonds is 4. The SMILES string of the molecule is O=C(O)C1CN(C(=O)c2cn(-c3cccc([N+](=O)[O-])c3)nn2)CCO1. The number of nitro benzene ring substituents is 1. The number of amides is 1. The standard InChI is InChI=1S/C14H13N5O6/c20-13(17-4-5-25-12(8-17)14(21)22)11-7-18(16-15-11)9-2-1-3-10(6-9)19(23)24/h1-3,6-7,12H,4-5,8H2,(H,21,22). The summed E-state index contributed by atoms with van der Waals surface area (Å²) in [6, 6.07) is 5.73. The number of carboxylic acid groups (broad SMARTS) is 1. The molecule has 2 aromatic rings. The maximum atomic E-state index is 12.4. The number of hydrogen-bond donors (Lipinski definition) is 1. The fourth-order valence-corrected chi connectivity index (χ4v) is 2.38. The van der Waals surface area contributed by atoms with Gasteiger partial charge in [0.05, 0.1) is 30.0 Å². The maximum absolute atomic E-state index is 12.4. The van der Waals surface area contributed by atoms with Gasteiger partial charge in [0.1, 0.15) is 0 Å². The van der Waals surface area contributed by atoms with Crippen molar-refractivity contribution in [2.45, 2.75) is 6.10 Å². The molecule has 0 aliphatic carbocycles. The van der Waals surface area contributed by atoms with Gasteiger partial charge in [-0.1, -0.05) is 11.3 Å². The van der Waals surface area contributed by atoms with Gasteiger partial charge in [0, 0.05) is 18.7 Å². The van der Waals surface area contributed by atoms with Crippen molar-refractivity contribution in [2.24, 2.45) is 0 Å². The molecule has 1 amide bonds. The molecule has 1 N–H and O–H groups in total. The first kappa shape index (κ1) is 16.5. The number of carbonyl (C=O) groups is 2. The van der Waals surface area contributed by atoms with Crippen LogP contribution in [-0.4, -0.2) is 67.6 Å². The molecular formula is C14H13N5O6. The first-order valence-electron chi connectivity index (χ1n) is 7.26. The number of non-ortho nitro benzene ring substituents is 1. The van der Waals surface area contributed by atoms with E-state index in [0.717, 1.165) is 0 Å². The van der Waals surface area contributed by atoms with E-state index in [2.05, 4.69) is 10.3 Å². The van der Waals surface area contributed by atoms with E-state index in [0.29, 0.717) is 5.69 Å². The minimum atomic E-state index is -1.14. The Labute approximate surface area is 140 Å². The molecule has 0 bridgehead atoms. The smallest absolute Gasteiger partial charge is 0.334 e. The average Bonchev–Trinajstić information content (AvgIpc) is 3.11. The van der Waals surface area contributed by atoms with Crippen LogP contribution in [0, 0.1) is 10.1 Å². The Kier molecular flexibility index (Phi) is 4.39. The third-order valence-corrected chi connectivity index (χ3v) is 3.65. The molecule has 25 heavy (non-hydrogen) atoms. The Bertz CT molecular complexity index is 835. The fourth-order valence-electron chi connectivity index (χ4n) is 2.38. The second-order valence-corrected chi connectivity index (χ2v) is 5.27. The summed E-state index contributed by atoms with van der Waals surface area (Å²) in [5, 5.41) is 27.4. The number of nitrogens with zero attached hydrogens (tertiary/aromatic N) is 5. The summed E-state index contributed by atoms with van der Waals surface area (Å²) in [5.41, 5.74) is 0.280. The van der Waals surface area contributed by atoms with Crippen LogP contribution < -0.4 is 0 Å². The molecule has 3 rings (SSSR count). The van der Waals surface area contributed by atoms with E-state index < -0.39 is 22.9 Å². The highest BCUT2D eigenvalue weighted by Gasteiger charge is 2.30. The van der Waals surface area contributed by atoms with Crippen molar-refractivity contribution in [3.8, 4) is 5.69 Å². The number of benzene rings is 1. The minimum Gasteiger partial charge on any atom is -0.479 e. The number of aromatic nitrogens is 3. The molecule has 130 valence electrons. The molecule has 0 spiro atoms. The lowest BCUT2D eigenvalue weighted by Crippen LogP contribution is -2.48. The summed E-state index contributed by atoms with van der Waals surface area (Å²) < 4.78 is 6.31. The molecule has 1 unspecified atom stereocenters. The van der Waals surface area contributed by atoms with Crippen molar-refractivity contribution in [1.82, 2.24) is 19.9 Å². The molecule has 11 nitrogen and oxygen atoms in total. The van der Waals surface area contributed by atoms with Gasteiger partial charge in [-0.05, 0) is 6.07 Å². The number of ether oxygens (including phenoxy) is 1. The number of morpholine rings is 1. The zero-order valence-corrected chi connectivity index (χ0v) is 12.8. The van der Waals surface area contributed by atoms with Crippen LogP contribution in [0.2, 0.25) is 0 Å². The van der Waals surface area contributed by atoms with Gasteiger partial charge in [-0.3, -0.25) is 14.9 Å². The van der Waals surface area contributed by atoms with Crippen LogP contribution in [0.1, 0.15) is 10.5 Å². The monoisotopic (exact) mass is 347 g/mol. The highest BCUT2D eigenvalue weighted by molar-refractivity contribution is 5.92. The molecule has 1 atom stereocenters. The molecule has 1 aromatic carbocycles. The van der Waals surface area contributed by atoms with Gasteiger partial charge >= 0.3 is 5.97 Å². The zero-order valence-electron chi connectivity index (χ0n) is 12.8. The predicted molar refractivity (Wildman–Crippen MR) is 81.3 cm³/mol. The molecule has 0 saturated carbocycles. The largest absolute Gasteiger partial charge is 0.479 e. The third-order valence-electron chi connectivity index (χ3n) is 3.65. The Hall–Kier alpha value is -3.34. The predicted octanol–water partition coefficient (Wildman–Crippen LogP) is 0.101. The van der Waals surface area contributed by atoms with Crippen LogP contribution in [0.15, 0.2) is 30.5 Å². The molecule has 1 aliphatic rings. The van der Waals surface area contributed by atoms with Gasteiger partial charge in [0.15, 0.2) is 11.8 Å². The van der Waals surface area contributed by atoms with E-state index in [-0.39, 0.29) is 31.1 Å². The number of carboxylic acids is 1. The van der Waals surface area contributed by atoms with E-state index in [9.17, 15) is 19.7 Å². The molecular weight excluding hydrogens is 334 g/mol. The quantitative estimate of drug-likeness (QED) is 0.606. The van der Waals surface area contributed by atoms with Crippen LogP contribution in [0.4, 0.5) is 5.69 Å². The highest BCUT2D eigenvalue weighted by Crippen LogP contribution is 2.17. The summed E-state index contributed by atoms with van der Waals surface area (Å²) >= 11 is 0. The minimum absolute atomic E-state index is 0.0116. The lowest BCUT2D eigenvalue weighted by atomic mass is 10.2. The highest BCUT2D eigenvalue weighted by atomic mass is 16.6. The number of nitro groups is 1. The van der Waals surface area contributed by atoms with Gasteiger partial charge < -0.3 is 14.7 Å². The summed E-state index contributed by atoms with van der Waals surface area (Å²) in [4.78, 5) is 35.0. The van der Waals surface area contributed by atoms with E-state index in [1.54, 1.807) is 6.07 Å². The first-order chi connectivity index (χ1) is 12.0. The summed E-state index contributed by atoms with van der Waals surface area (Å²) in [7, 11) is 0. The Morgan fingerprint density at radius 1 is 1.40 bits per heavy atom. The Morgan fingerprint density at radius 2 is 2.20 bits per heavy atom. The molecule has 1 aromatic heterocycles. The molecule has 11 heteroatoms. The van der Waals surface area contributed by atoms with Crippen molar-refractivity contribution >= 4 is 17.6 Å². The molecule has 2 heterocycles. The van der Waals surface area contributed by atoms with Crippen molar-refractivity contribution in [3.63, 3.8) is 0 Å². The normalized spacial score (nSPS) is 17.3. The van der Waals surface area contributed by atoms with E-state index >= 15 is 0 Å². The summed E-state index contributed by atoms with van der Waals surface area (Å²) in [6.07, 6.45) is 0.261. The van der Waals surface area contributed by atoms with E-state index in [1.807, 2.05) is 0 Å². The summed E-state index contributed by atoms with van der Waals surface area (Å²) in [5.74, 6) is -1.62. The van der Waals surface area contributed by atoms with E-state index in [1.165, 1.54) is 34.0 Å². The molecule has 1 aliphatic heterocycles. The molecule has 1 saturated heterocycles. The average molecular weight is 347 g/mol. The summed E-state index contributed by atoms with van der Waals surface area (Å²) in [6.45, 7) is 0.270. The fraction of sp³-hybridized carbons (Fsp3) is 0.286. The van der Waals surface area contributed by atoms with Gasteiger partial charge in [0.25, 0.3) is 11.6 Å². The van der Waals surface area contributed by atoms with Crippen molar-refractivity contribution in [3.05, 3.63) is 46.3 Å². The van der Waals surface area contributed by atoms with Crippen molar-refractivity contribution in [2.75, 3.05) is 19.7 Å². The number of aliphatic carboxylic acids is 1. The first-order valence-corrected chi connectivity index (χ1v) is 7.26. The Morgan fingerprint density at radius 3 is 2.92 bits per heavy atom. The van der Waals surface area contributed by atoms with Crippen LogP contribution in [0.3, 0.4) is 0 Å². The lowest BCUT2D eigenvalue weighted by molar-refractivity contribution is -0.384. The lowest BCUT2D eigenvalue weighted by Gasteiger charge is -2.30. The third kappa shape index (κ3) is 3.45. The number of hydrogen-bond acceptors (Lipinski definition) is 7. The second-order valence-electron chi connectivity index (χ2n) is 5.27. The van der Waals surface area contributed by atoms with Gasteiger partial charge in [0.2, 0.25) is 0 Å². The van der Waals surface area contributed by atoms with Crippen LogP contribution in [-0.2, 0) is 9.53 Å². The van der Waals surface area contributed by atoms with Crippen LogP contribution in [0.5, 0.6) is 0 Å². The molecule has 0 radical (unpaired) electrons. The van der Waals surface area contributed by atoms with Gasteiger partial charge in [-0.15, -0.1) is 5.10 Å². The Balaban J connectivity index is 1.79.